The average molecular weight is 205 g/mol. The molecule has 1 saturated heterocycles. The molecule has 3 heteroatoms. The maximum absolute atomic E-state index is 4.29. The zero-order chi connectivity index (χ0) is 10.7. The summed E-state index contributed by atoms with van der Waals surface area (Å²) in [6, 6.07) is 1.87. The minimum Gasteiger partial charge on any atom is -0.341 e. The van der Waals surface area contributed by atoms with Gasteiger partial charge in [-0.25, -0.2) is 9.97 Å². The predicted octanol–water partition coefficient (Wildman–Crippen LogP) is 2.35. The molecule has 0 aliphatic carbocycles. The molecule has 1 aromatic rings. The minimum absolute atomic E-state index is 0.809. The van der Waals surface area contributed by atoms with Crippen molar-refractivity contribution in [3.8, 4) is 0 Å². The molecule has 1 aliphatic heterocycles. The molecule has 0 aromatic carbocycles. The van der Waals surface area contributed by atoms with E-state index < -0.39 is 0 Å². The molecule has 0 saturated carbocycles. The average Bonchev–Trinajstić information content (AvgIpc) is 2.30. The van der Waals surface area contributed by atoms with E-state index in [0.717, 1.165) is 30.9 Å². The zero-order valence-corrected chi connectivity index (χ0v) is 9.56. The summed E-state index contributed by atoms with van der Waals surface area (Å²) >= 11 is 0. The fourth-order valence-corrected chi connectivity index (χ4v) is 2.22. The molecule has 3 nitrogen and oxygen atoms in total. The van der Waals surface area contributed by atoms with E-state index in [0.29, 0.717) is 0 Å². The lowest BCUT2D eigenvalue weighted by molar-refractivity contribution is 0.310. The standard InChI is InChI=1S/C12H19N3/c1-10(2)11-4-8-15(9-5-11)12-13-6-3-7-14-12/h3,6-7,10-11H,4-5,8-9H2,1-2H3. The van der Waals surface area contributed by atoms with Crippen LogP contribution in [0.5, 0.6) is 0 Å². The second-order valence-electron chi connectivity index (χ2n) is 4.62. The molecule has 2 rings (SSSR count). The molecule has 2 heterocycles. The molecule has 15 heavy (non-hydrogen) atoms. The predicted molar refractivity (Wildman–Crippen MR) is 61.8 cm³/mol. The lowest BCUT2D eigenvalue weighted by Gasteiger charge is -2.33. The van der Waals surface area contributed by atoms with E-state index in [1.165, 1.54) is 12.8 Å². The van der Waals surface area contributed by atoms with Crippen LogP contribution in [0.25, 0.3) is 0 Å². The van der Waals surface area contributed by atoms with Gasteiger partial charge in [0.2, 0.25) is 5.95 Å². The highest BCUT2D eigenvalue weighted by atomic mass is 15.2. The van der Waals surface area contributed by atoms with Crippen molar-refractivity contribution in [2.45, 2.75) is 26.7 Å². The van der Waals surface area contributed by atoms with Gasteiger partial charge in [-0.1, -0.05) is 13.8 Å². The van der Waals surface area contributed by atoms with Crippen molar-refractivity contribution in [1.29, 1.82) is 0 Å². The van der Waals surface area contributed by atoms with Crippen molar-refractivity contribution < 1.29 is 0 Å². The highest BCUT2D eigenvalue weighted by Gasteiger charge is 2.22. The summed E-state index contributed by atoms with van der Waals surface area (Å²) in [7, 11) is 0. The second kappa shape index (κ2) is 4.60. The van der Waals surface area contributed by atoms with Crippen LogP contribution < -0.4 is 4.90 Å². The van der Waals surface area contributed by atoms with Gasteiger partial charge in [-0.3, -0.25) is 0 Å². The van der Waals surface area contributed by atoms with Gasteiger partial charge in [-0.05, 0) is 30.7 Å². The lowest BCUT2D eigenvalue weighted by Crippen LogP contribution is -2.36. The highest BCUT2D eigenvalue weighted by Crippen LogP contribution is 2.25. The lowest BCUT2D eigenvalue weighted by atomic mass is 9.87. The van der Waals surface area contributed by atoms with E-state index in [-0.39, 0.29) is 0 Å². The third kappa shape index (κ3) is 2.46. The van der Waals surface area contributed by atoms with Crippen LogP contribution in [0.2, 0.25) is 0 Å². The Bertz CT molecular complexity index is 289. The molecule has 0 spiro atoms. The Balaban J connectivity index is 1.94. The molecular weight excluding hydrogens is 186 g/mol. The van der Waals surface area contributed by atoms with Crippen LogP contribution in [-0.4, -0.2) is 23.1 Å². The quantitative estimate of drug-likeness (QED) is 0.742. The number of piperidine rings is 1. The third-order valence-corrected chi connectivity index (χ3v) is 3.32. The van der Waals surface area contributed by atoms with E-state index in [4.69, 9.17) is 0 Å². The van der Waals surface area contributed by atoms with Gasteiger partial charge in [0.25, 0.3) is 0 Å². The molecule has 0 radical (unpaired) electrons. The summed E-state index contributed by atoms with van der Waals surface area (Å²) in [5.41, 5.74) is 0. The Kier molecular flexibility index (Phi) is 3.19. The van der Waals surface area contributed by atoms with E-state index in [2.05, 4.69) is 28.7 Å². The van der Waals surface area contributed by atoms with Crippen molar-refractivity contribution in [1.82, 2.24) is 9.97 Å². The number of hydrogen-bond donors (Lipinski definition) is 0. The first-order chi connectivity index (χ1) is 7.27. The van der Waals surface area contributed by atoms with Crippen LogP contribution in [0.15, 0.2) is 18.5 Å². The van der Waals surface area contributed by atoms with Crippen molar-refractivity contribution in [2.75, 3.05) is 18.0 Å². The SMILES string of the molecule is CC(C)C1CCN(c2ncccn2)CC1. The van der Waals surface area contributed by atoms with Crippen LogP contribution in [0.4, 0.5) is 5.95 Å². The smallest absolute Gasteiger partial charge is 0.225 e. The van der Waals surface area contributed by atoms with Gasteiger partial charge in [0.05, 0.1) is 0 Å². The molecule has 1 aromatic heterocycles. The first-order valence-electron chi connectivity index (χ1n) is 5.79. The van der Waals surface area contributed by atoms with E-state index in [1.54, 1.807) is 0 Å². The topological polar surface area (TPSA) is 29.0 Å². The molecule has 0 bridgehead atoms. The number of hydrogen-bond acceptors (Lipinski definition) is 3. The first-order valence-corrected chi connectivity index (χ1v) is 5.79. The first kappa shape index (κ1) is 10.4. The molecule has 1 fully saturated rings. The van der Waals surface area contributed by atoms with Gasteiger partial charge in [0, 0.05) is 25.5 Å². The van der Waals surface area contributed by atoms with Crippen LogP contribution in [0, 0.1) is 11.8 Å². The van der Waals surface area contributed by atoms with Gasteiger partial charge < -0.3 is 4.90 Å². The number of aromatic nitrogens is 2. The van der Waals surface area contributed by atoms with Crippen LogP contribution in [-0.2, 0) is 0 Å². The monoisotopic (exact) mass is 205 g/mol. The van der Waals surface area contributed by atoms with Gasteiger partial charge in [0.1, 0.15) is 0 Å². The van der Waals surface area contributed by atoms with Crippen molar-refractivity contribution in [2.24, 2.45) is 11.8 Å². The van der Waals surface area contributed by atoms with E-state index >= 15 is 0 Å². The normalized spacial score (nSPS) is 18.5. The molecule has 0 atom stereocenters. The molecular formula is C12H19N3. The Labute approximate surface area is 91.5 Å². The Morgan fingerprint density at radius 1 is 1.20 bits per heavy atom. The number of rotatable bonds is 2. The van der Waals surface area contributed by atoms with Gasteiger partial charge in [0.15, 0.2) is 0 Å². The summed E-state index contributed by atoms with van der Waals surface area (Å²) in [6.45, 7) is 6.85. The van der Waals surface area contributed by atoms with E-state index in [9.17, 15) is 0 Å². The summed E-state index contributed by atoms with van der Waals surface area (Å²) in [4.78, 5) is 10.9. The molecule has 0 amide bonds. The van der Waals surface area contributed by atoms with Crippen LogP contribution in [0.1, 0.15) is 26.7 Å². The Morgan fingerprint density at radius 2 is 1.80 bits per heavy atom. The maximum Gasteiger partial charge on any atom is 0.225 e. The summed E-state index contributed by atoms with van der Waals surface area (Å²) in [5.74, 6) is 2.58. The highest BCUT2D eigenvalue weighted by molar-refractivity contribution is 5.28. The van der Waals surface area contributed by atoms with Gasteiger partial charge in [-0.2, -0.15) is 0 Å². The third-order valence-electron chi connectivity index (χ3n) is 3.32. The fraction of sp³-hybridized carbons (Fsp3) is 0.667. The van der Waals surface area contributed by atoms with Crippen molar-refractivity contribution in [3.63, 3.8) is 0 Å². The van der Waals surface area contributed by atoms with Gasteiger partial charge in [-0.15, -0.1) is 0 Å². The fourth-order valence-electron chi connectivity index (χ4n) is 2.22. The van der Waals surface area contributed by atoms with Crippen LogP contribution >= 0.6 is 0 Å². The zero-order valence-electron chi connectivity index (χ0n) is 9.56. The molecule has 1 aliphatic rings. The van der Waals surface area contributed by atoms with Crippen molar-refractivity contribution >= 4 is 5.95 Å². The van der Waals surface area contributed by atoms with E-state index in [1.807, 2.05) is 18.5 Å². The summed E-state index contributed by atoms with van der Waals surface area (Å²) in [5, 5.41) is 0. The van der Waals surface area contributed by atoms with Crippen LogP contribution in [0.3, 0.4) is 0 Å². The Hall–Kier alpha value is -1.12. The van der Waals surface area contributed by atoms with Gasteiger partial charge >= 0.3 is 0 Å². The number of nitrogens with zero attached hydrogens (tertiary/aromatic N) is 3. The summed E-state index contributed by atoms with van der Waals surface area (Å²) in [6.07, 6.45) is 6.18. The Morgan fingerprint density at radius 3 is 2.33 bits per heavy atom. The largest absolute Gasteiger partial charge is 0.341 e. The minimum atomic E-state index is 0.809. The molecule has 0 unspecified atom stereocenters. The summed E-state index contributed by atoms with van der Waals surface area (Å²) < 4.78 is 0. The molecule has 0 N–H and O–H groups in total. The van der Waals surface area contributed by atoms with Crippen molar-refractivity contribution in [3.05, 3.63) is 18.5 Å². The maximum atomic E-state index is 4.29. The molecule has 82 valence electrons. The second-order valence-corrected chi connectivity index (χ2v) is 4.62. The number of anilines is 1.